The lowest BCUT2D eigenvalue weighted by Crippen LogP contribution is -2.48. The Bertz CT molecular complexity index is 210. The van der Waals surface area contributed by atoms with E-state index in [2.05, 4.69) is 44.8 Å². The molecule has 1 rings (SSSR count). The Labute approximate surface area is 107 Å². The molecule has 0 aliphatic carbocycles. The van der Waals surface area contributed by atoms with Crippen LogP contribution in [0.15, 0.2) is 0 Å². The fourth-order valence-corrected chi connectivity index (χ4v) is 2.48. The van der Waals surface area contributed by atoms with E-state index in [1.165, 1.54) is 6.42 Å². The minimum absolute atomic E-state index is 0.324. The number of nitrogens with one attached hydrogen (secondary N) is 1. The first-order valence-corrected chi connectivity index (χ1v) is 7.04. The topological polar surface area (TPSA) is 24.5 Å². The summed E-state index contributed by atoms with van der Waals surface area (Å²) in [4.78, 5) is 2.55. The SMILES string of the molecule is CCN(CC1(CNC(C)C)CCOC1)C(C)C. The van der Waals surface area contributed by atoms with Gasteiger partial charge in [0, 0.05) is 37.2 Å². The smallest absolute Gasteiger partial charge is 0.0547 e. The summed E-state index contributed by atoms with van der Waals surface area (Å²) in [5.74, 6) is 0. The van der Waals surface area contributed by atoms with Crippen molar-refractivity contribution in [1.82, 2.24) is 10.2 Å². The van der Waals surface area contributed by atoms with E-state index in [4.69, 9.17) is 4.74 Å². The van der Waals surface area contributed by atoms with Gasteiger partial charge in [0.2, 0.25) is 0 Å². The second-order valence-electron chi connectivity index (χ2n) is 6.00. The molecule has 0 amide bonds. The van der Waals surface area contributed by atoms with Crippen molar-refractivity contribution in [3.8, 4) is 0 Å². The van der Waals surface area contributed by atoms with Crippen molar-refractivity contribution < 1.29 is 4.74 Å². The van der Waals surface area contributed by atoms with Gasteiger partial charge in [0.25, 0.3) is 0 Å². The van der Waals surface area contributed by atoms with Gasteiger partial charge in [0.05, 0.1) is 6.61 Å². The van der Waals surface area contributed by atoms with E-state index >= 15 is 0 Å². The summed E-state index contributed by atoms with van der Waals surface area (Å²) >= 11 is 0. The molecule has 1 aliphatic heterocycles. The van der Waals surface area contributed by atoms with Crippen molar-refractivity contribution in [3.63, 3.8) is 0 Å². The molecule has 1 saturated heterocycles. The number of rotatable bonds is 7. The molecule has 0 radical (unpaired) electrons. The molecule has 0 aromatic heterocycles. The molecule has 0 bridgehead atoms. The molecule has 17 heavy (non-hydrogen) atoms. The van der Waals surface area contributed by atoms with Gasteiger partial charge >= 0.3 is 0 Å². The predicted octanol–water partition coefficient (Wildman–Crippen LogP) is 2.12. The largest absolute Gasteiger partial charge is 0.381 e. The van der Waals surface area contributed by atoms with Gasteiger partial charge in [-0.2, -0.15) is 0 Å². The first-order valence-electron chi connectivity index (χ1n) is 7.04. The lowest BCUT2D eigenvalue weighted by molar-refractivity contribution is 0.0947. The molecular weight excluding hydrogens is 212 g/mol. The molecule has 0 saturated carbocycles. The molecule has 3 nitrogen and oxygen atoms in total. The van der Waals surface area contributed by atoms with Gasteiger partial charge in [0.1, 0.15) is 0 Å². The van der Waals surface area contributed by atoms with Crippen molar-refractivity contribution in [2.45, 2.75) is 53.1 Å². The second-order valence-corrected chi connectivity index (χ2v) is 6.00. The van der Waals surface area contributed by atoms with Gasteiger partial charge in [0.15, 0.2) is 0 Å². The Hall–Kier alpha value is -0.120. The van der Waals surface area contributed by atoms with Gasteiger partial charge in [-0.1, -0.05) is 20.8 Å². The van der Waals surface area contributed by atoms with Crippen LogP contribution in [0, 0.1) is 5.41 Å². The lowest BCUT2D eigenvalue weighted by atomic mass is 9.86. The molecule has 1 N–H and O–H groups in total. The molecule has 1 fully saturated rings. The summed E-state index contributed by atoms with van der Waals surface area (Å²) in [7, 11) is 0. The number of ether oxygens (including phenoxy) is 1. The first kappa shape index (κ1) is 14.9. The van der Waals surface area contributed by atoms with Crippen LogP contribution in [-0.4, -0.2) is 49.8 Å². The maximum absolute atomic E-state index is 5.65. The van der Waals surface area contributed by atoms with Gasteiger partial charge < -0.3 is 15.0 Å². The highest BCUT2D eigenvalue weighted by molar-refractivity contribution is 4.89. The fraction of sp³-hybridized carbons (Fsp3) is 1.00. The molecular formula is C14H30N2O. The van der Waals surface area contributed by atoms with Crippen LogP contribution in [0.2, 0.25) is 0 Å². The average molecular weight is 242 g/mol. The van der Waals surface area contributed by atoms with E-state index in [1.54, 1.807) is 0 Å². The summed E-state index contributed by atoms with van der Waals surface area (Å²) < 4.78 is 5.65. The summed E-state index contributed by atoms with van der Waals surface area (Å²) in [5.41, 5.74) is 0.324. The molecule has 0 aromatic rings. The van der Waals surface area contributed by atoms with Crippen molar-refractivity contribution in [2.24, 2.45) is 5.41 Å². The van der Waals surface area contributed by atoms with Crippen LogP contribution in [0.5, 0.6) is 0 Å². The molecule has 0 spiro atoms. The van der Waals surface area contributed by atoms with Crippen molar-refractivity contribution in [3.05, 3.63) is 0 Å². The highest BCUT2D eigenvalue weighted by Gasteiger charge is 2.36. The van der Waals surface area contributed by atoms with Gasteiger partial charge in [-0.05, 0) is 26.8 Å². The van der Waals surface area contributed by atoms with Crippen LogP contribution in [0.4, 0.5) is 0 Å². The molecule has 1 heterocycles. The van der Waals surface area contributed by atoms with E-state index in [1.807, 2.05) is 0 Å². The maximum atomic E-state index is 5.65. The van der Waals surface area contributed by atoms with Crippen LogP contribution in [0.25, 0.3) is 0 Å². The van der Waals surface area contributed by atoms with E-state index in [0.29, 0.717) is 17.5 Å². The van der Waals surface area contributed by atoms with Gasteiger partial charge in [-0.25, -0.2) is 0 Å². The maximum Gasteiger partial charge on any atom is 0.0547 e. The third kappa shape index (κ3) is 4.57. The van der Waals surface area contributed by atoms with Crippen molar-refractivity contribution >= 4 is 0 Å². The highest BCUT2D eigenvalue weighted by Crippen LogP contribution is 2.29. The zero-order valence-corrected chi connectivity index (χ0v) is 12.3. The monoisotopic (exact) mass is 242 g/mol. The van der Waals surface area contributed by atoms with E-state index < -0.39 is 0 Å². The Balaban J connectivity index is 2.57. The molecule has 102 valence electrons. The fourth-order valence-electron chi connectivity index (χ4n) is 2.48. The standard InChI is InChI=1S/C14H30N2O/c1-6-16(13(4)5)10-14(7-8-17-11-14)9-15-12(2)3/h12-13,15H,6-11H2,1-5H3. The molecule has 0 aromatic carbocycles. The van der Waals surface area contributed by atoms with E-state index in [9.17, 15) is 0 Å². The minimum atomic E-state index is 0.324. The van der Waals surface area contributed by atoms with Crippen LogP contribution < -0.4 is 5.32 Å². The van der Waals surface area contributed by atoms with Crippen LogP contribution in [-0.2, 0) is 4.74 Å². The quantitative estimate of drug-likeness (QED) is 0.740. The van der Waals surface area contributed by atoms with E-state index in [-0.39, 0.29) is 0 Å². The third-order valence-corrected chi connectivity index (χ3v) is 3.75. The molecule has 1 atom stereocenters. The molecule has 1 unspecified atom stereocenters. The molecule has 3 heteroatoms. The first-order chi connectivity index (χ1) is 7.99. The summed E-state index contributed by atoms with van der Waals surface area (Å²) in [6.07, 6.45) is 1.19. The van der Waals surface area contributed by atoms with Gasteiger partial charge in [-0.15, -0.1) is 0 Å². The van der Waals surface area contributed by atoms with Crippen LogP contribution >= 0.6 is 0 Å². The zero-order valence-electron chi connectivity index (χ0n) is 12.3. The Morgan fingerprint density at radius 1 is 1.29 bits per heavy atom. The normalized spacial score (nSPS) is 25.4. The Morgan fingerprint density at radius 2 is 2.00 bits per heavy atom. The summed E-state index contributed by atoms with van der Waals surface area (Å²) in [5, 5.41) is 3.59. The Morgan fingerprint density at radius 3 is 2.41 bits per heavy atom. The number of hydrogen-bond donors (Lipinski definition) is 1. The predicted molar refractivity (Wildman–Crippen MR) is 73.4 cm³/mol. The minimum Gasteiger partial charge on any atom is -0.381 e. The third-order valence-electron chi connectivity index (χ3n) is 3.75. The zero-order chi connectivity index (χ0) is 12.9. The summed E-state index contributed by atoms with van der Waals surface area (Å²) in [6.45, 7) is 16.4. The molecule has 1 aliphatic rings. The van der Waals surface area contributed by atoms with Crippen LogP contribution in [0.1, 0.15) is 41.0 Å². The Kier molecular flexibility index (Phi) is 5.90. The van der Waals surface area contributed by atoms with Crippen LogP contribution in [0.3, 0.4) is 0 Å². The lowest BCUT2D eigenvalue weighted by Gasteiger charge is -2.36. The van der Waals surface area contributed by atoms with Gasteiger partial charge in [-0.3, -0.25) is 0 Å². The van der Waals surface area contributed by atoms with Crippen molar-refractivity contribution in [1.29, 1.82) is 0 Å². The van der Waals surface area contributed by atoms with Crippen molar-refractivity contribution in [2.75, 3.05) is 32.8 Å². The average Bonchev–Trinajstić information content (AvgIpc) is 2.72. The number of nitrogens with zero attached hydrogens (tertiary/aromatic N) is 1. The second kappa shape index (κ2) is 6.72. The number of hydrogen-bond acceptors (Lipinski definition) is 3. The summed E-state index contributed by atoms with van der Waals surface area (Å²) in [6, 6.07) is 1.18. The van der Waals surface area contributed by atoms with E-state index in [0.717, 1.165) is 32.8 Å². The highest BCUT2D eigenvalue weighted by atomic mass is 16.5.